The van der Waals surface area contributed by atoms with E-state index in [0.29, 0.717) is 0 Å². The summed E-state index contributed by atoms with van der Waals surface area (Å²) >= 11 is 0. The molecule has 0 radical (unpaired) electrons. The van der Waals surface area contributed by atoms with Gasteiger partial charge in [0.25, 0.3) is 5.78 Å². The van der Waals surface area contributed by atoms with E-state index in [4.69, 9.17) is 0 Å². The summed E-state index contributed by atoms with van der Waals surface area (Å²) in [6.07, 6.45) is 0. The van der Waals surface area contributed by atoms with Gasteiger partial charge in [0.15, 0.2) is 11.4 Å². The van der Waals surface area contributed by atoms with Crippen LogP contribution in [0.3, 0.4) is 0 Å². The van der Waals surface area contributed by atoms with Crippen LogP contribution in [0.2, 0.25) is 0 Å². The van der Waals surface area contributed by atoms with E-state index in [2.05, 4.69) is 16.9 Å². The van der Waals surface area contributed by atoms with Gasteiger partial charge in [0.2, 0.25) is 5.78 Å². The minimum atomic E-state index is -1.12. The van der Waals surface area contributed by atoms with Crippen LogP contribution in [0, 0.1) is 9.81 Å². The van der Waals surface area contributed by atoms with Crippen LogP contribution < -0.4 is 0 Å². The largest absolute Gasteiger partial charge is 0.285 e. The number of nitrogens with zero attached hydrogens (tertiary/aromatic N) is 2. The van der Waals surface area contributed by atoms with E-state index < -0.39 is 23.0 Å². The van der Waals surface area contributed by atoms with E-state index in [1.54, 1.807) is 0 Å². The second-order valence-corrected chi connectivity index (χ2v) is 2.02. The van der Waals surface area contributed by atoms with Crippen LogP contribution in [-0.4, -0.2) is 11.6 Å². The van der Waals surface area contributed by atoms with Crippen LogP contribution in [0.4, 0.5) is 0 Å². The molecule has 1 aliphatic carbocycles. The van der Waals surface area contributed by atoms with Gasteiger partial charge in [-0.2, -0.15) is 0 Å². The molecule has 0 bridgehead atoms. The lowest BCUT2D eigenvalue weighted by Gasteiger charge is -1.84. The van der Waals surface area contributed by atoms with E-state index >= 15 is 0 Å². The predicted molar refractivity (Wildman–Crippen MR) is 37.8 cm³/mol. The summed E-state index contributed by atoms with van der Waals surface area (Å²) in [6.45, 7) is 3.12. The minimum absolute atomic E-state index is 0.371. The van der Waals surface area contributed by atoms with Gasteiger partial charge >= 0.3 is 0 Å². The molecule has 12 heavy (non-hydrogen) atoms. The lowest BCUT2D eigenvalue weighted by molar-refractivity contribution is -0.131. The van der Waals surface area contributed by atoms with Crippen molar-refractivity contribution in [3.8, 4) is 0 Å². The van der Waals surface area contributed by atoms with E-state index in [1.807, 2.05) is 0 Å². The highest BCUT2D eigenvalue weighted by molar-refractivity contribution is 6.53. The number of hydrogen-bond donors (Lipinski definition) is 0. The molecule has 0 saturated heterocycles. The Morgan fingerprint density at radius 2 is 1.42 bits per heavy atom. The van der Waals surface area contributed by atoms with Gasteiger partial charge in [-0.05, 0) is 10.4 Å². The van der Waals surface area contributed by atoms with Crippen LogP contribution in [0.5, 0.6) is 0 Å². The summed E-state index contributed by atoms with van der Waals surface area (Å²) in [6, 6.07) is 0. The molecule has 0 unspecified atom stereocenters. The number of ketones is 2. The molecule has 0 heterocycles. The molecule has 60 valence electrons. The van der Waals surface area contributed by atoms with Gasteiger partial charge in [-0.1, -0.05) is 6.58 Å². The van der Waals surface area contributed by atoms with Crippen LogP contribution in [0.1, 0.15) is 0 Å². The van der Waals surface area contributed by atoms with Crippen LogP contribution in [0.25, 0.3) is 0 Å². The van der Waals surface area contributed by atoms with Gasteiger partial charge in [-0.15, -0.1) is 9.81 Å². The molecule has 0 aromatic carbocycles. The van der Waals surface area contributed by atoms with Crippen molar-refractivity contribution in [1.82, 2.24) is 0 Å². The molecule has 0 N–H and O–H groups in total. The Morgan fingerprint density at radius 1 is 0.917 bits per heavy atom. The van der Waals surface area contributed by atoms with Crippen molar-refractivity contribution in [3.05, 3.63) is 33.4 Å². The Bertz CT molecular complexity index is 321. The summed E-state index contributed by atoms with van der Waals surface area (Å²) in [5, 5.41) is 4.54. The number of hydrogen-bond acceptors (Lipinski definition) is 6. The van der Waals surface area contributed by atoms with Crippen molar-refractivity contribution < 1.29 is 9.59 Å². The van der Waals surface area contributed by atoms with Gasteiger partial charge in [-0.25, -0.2) is 0 Å². The summed E-state index contributed by atoms with van der Waals surface area (Å²) < 4.78 is 0. The van der Waals surface area contributed by atoms with Crippen molar-refractivity contribution >= 4 is 11.6 Å². The Hall–Kier alpha value is -1.98. The molecule has 0 fully saturated rings. The molecule has 0 amide bonds. The number of rotatable bonds is 2. The Labute approximate surface area is 65.9 Å². The van der Waals surface area contributed by atoms with E-state index in [0.717, 1.165) is 0 Å². The standard InChI is InChI=1S/C6H2N2O4/c1-2-3(7-11)4(8-12)6(10)5(2)9/h1H2. The van der Waals surface area contributed by atoms with Gasteiger partial charge in [0.1, 0.15) is 0 Å². The van der Waals surface area contributed by atoms with Crippen molar-refractivity contribution in [2.24, 2.45) is 10.4 Å². The molecule has 0 aromatic rings. The third kappa shape index (κ3) is 0.815. The summed E-state index contributed by atoms with van der Waals surface area (Å²) in [5.74, 6) is -2.12. The number of Topliss-reactive ketones (excluding diaryl/α,β-unsaturated/α-hetero) is 2. The van der Waals surface area contributed by atoms with Gasteiger partial charge in [-0.3, -0.25) is 9.59 Å². The molecular formula is C6H2N2O4. The Balaban J connectivity index is 3.37. The first-order valence-corrected chi connectivity index (χ1v) is 2.82. The first-order valence-electron chi connectivity index (χ1n) is 2.82. The van der Waals surface area contributed by atoms with Crippen molar-refractivity contribution in [2.45, 2.75) is 0 Å². The molecule has 1 aliphatic rings. The van der Waals surface area contributed by atoms with Crippen molar-refractivity contribution in [2.75, 3.05) is 0 Å². The van der Waals surface area contributed by atoms with Gasteiger partial charge in [0.05, 0.1) is 5.57 Å². The zero-order valence-corrected chi connectivity index (χ0v) is 5.73. The van der Waals surface area contributed by atoms with Crippen LogP contribution in [-0.2, 0) is 9.59 Å². The fourth-order valence-electron chi connectivity index (χ4n) is 0.786. The van der Waals surface area contributed by atoms with Crippen LogP contribution in [0.15, 0.2) is 33.9 Å². The van der Waals surface area contributed by atoms with Crippen molar-refractivity contribution in [3.63, 3.8) is 0 Å². The zero-order valence-electron chi connectivity index (χ0n) is 5.73. The highest BCUT2D eigenvalue weighted by atomic mass is 16.3. The second kappa shape index (κ2) is 2.57. The van der Waals surface area contributed by atoms with E-state index in [-0.39, 0.29) is 5.57 Å². The van der Waals surface area contributed by atoms with Crippen molar-refractivity contribution in [1.29, 1.82) is 0 Å². The number of carbonyl (C=O) groups is 2. The highest BCUT2D eigenvalue weighted by Crippen LogP contribution is 2.25. The maximum atomic E-state index is 10.8. The molecule has 1 rings (SSSR count). The number of carbonyl (C=O) groups excluding carboxylic acids is 2. The molecule has 0 atom stereocenters. The maximum absolute atomic E-state index is 10.8. The molecule has 0 aromatic heterocycles. The molecule has 0 spiro atoms. The SMILES string of the molecule is C=C1C(=O)C(=O)C(N=O)=C1N=O. The minimum Gasteiger partial charge on any atom is -0.285 e. The molecule has 6 heteroatoms. The first kappa shape index (κ1) is 8.12. The Kier molecular flexibility index (Phi) is 1.74. The highest BCUT2D eigenvalue weighted by Gasteiger charge is 2.37. The average molecular weight is 166 g/mol. The lowest BCUT2D eigenvalue weighted by Crippen LogP contribution is -2.08. The predicted octanol–water partition coefficient (Wildman–Crippen LogP) is 0.439. The molecule has 0 saturated carbocycles. The van der Waals surface area contributed by atoms with Gasteiger partial charge < -0.3 is 0 Å². The van der Waals surface area contributed by atoms with E-state index in [1.165, 1.54) is 0 Å². The topological polar surface area (TPSA) is 93.0 Å². The number of allylic oxidation sites excluding steroid dienone is 2. The smallest absolute Gasteiger partial charge is 0.257 e. The quantitative estimate of drug-likeness (QED) is 0.338. The lowest BCUT2D eigenvalue weighted by atomic mass is 10.2. The third-order valence-corrected chi connectivity index (χ3v) is 1.39. The normalized spacial score (nSPS) is 17.2. The second-order valence-electron chi connectivity index (χ2n) is 2.02. The fourth-order valence-corrected chi connectivity index (χ4v) is 0.786. The maximum Gasteiger partial charge on any atom is 0.257 e. The summed E-state index contributed by atoms with van der Waals surface area (Å²) in [4.78, 5) is 41.5. The monoisotopic (exact) mass is 166 g/mol. The third-order valence-electron chi connectivity index (χ3n) is 1.39. The summed E-state index contributed by atoms with van der Waals surface area (Å²) in [7, 11) is 0. The van der Waals surface area contributed by atoms with Gasteiger partial charge in [0, 0.05) is 0 Å². The molecular weight excluding hydrogens is 164 g/mol. The zero-order chi connectivity index (χ0) is 9.30. The molecule has 0 aliphatic heterocycles. The summed E-state index contributed by atoms with van der Waals surface area (Å²) in [5.41, 5.74) is -1.68. The van der Waals surface area contributed by atoms with Crippen LogP contribution >= 0.6 is 0 Å². The Morgan fingerprint density at radius 3 is 1.75 bits per heavy atom. The molecule has 6 nitrogen and oxygen atoms in total. The first-order chi connectivity index (χ1) is 5.63. The fraction of sp³-hybridized carbons (Fsp3) is 0. The van der Waals surface area contributed by atoms with E-state index in [9.17, 15) is 19.4 Å². The average Bonchev–Trinajstić information content (AvgIpc) is 2.29. The number of nitroso groups, excluding NO2 is 2.